The monoisotopic (exact) mass is 460 g/mol. The first kappa shape index (κ1) is 23.0. The number of para-hydroxylation sites is 1. The van der Waals surface area contributed by atoms with Crippen molar-refractivity contribution in [2.75, 3.05) is 30.8 Å². The number of amides is 2. The number of aromatic nitrogens is 1. The van der Waals surface area contributed by atoms with Crippen LogP contribution in [0.25, 0.3) is 0 Å². The van der Waals surface area contributed by atoms with E-state index < -0.39 is 0 Å². The summed E-state index contributed by atoms with van der Waals surface area (Å²) in [5.41, 5.74) is 3.12. The number of anilines is 2. The van der Waals surface area contributed by atoms with Crippen molar-refractivity contribution in [2.24, 2.45) is 0 Å². The first-order valence-corrected chi connectivity index (χ1v) is 10.5. The number of hydrogen-bond acceptors (Lipinski definition) is 4. The number of benzene rings is 1. The number of halogens is 1. The number of nitrogens with one attached hydrogen (secondary N) is 2. The zero-order valence-electron chi connectivity index (χ0n) is 17.6. The molecule has 0 aliphatic carbocycles. The number of carbonyl (C=O) groups excluding carboxylic acids is 2. The standard InChI is InChI=1S/C22H29BrN4O2/c1-14(2)17-7-6-8-18(15(3)4)22(17)26-21(29)13-27(5)12-20(28)25-19-10-9-16(23)11-24-19/h6-11,14-15H,12-13H2,1-5H3,(H,26,29)(H,24,25,28). The summed E-state index contributed by atoms with van der Waals surface area (Å²) in [6.45, 7) is 8.66. The lowest BCUT2D eigenvalue weighted by molar-refractivity contribution is -0.119. The molecule has 0 unspecified atom stereocenters. The molecule has 0 aliphatic heterocycles. The molecule has 2 aromatic rings. The topological polar surface area (TPSA) is 74.3 Å². The summed E-state index contributed by atoms with van der Waals surface area (Å²) in [7, 11) is 1.74. The zero-order chi connectivity index (χ0) is 21.6. The Morgan fingerprint density at radius 3 is 2.00 bits per heavy atom. The van der Waals surface area contributed by atoms with Crippen molar-refractivity contribution < 1.29 is 9.59 Å². The molecule has 2 amide bonds. The minimum absolute atomic E-state index is 0.0913. The highest BCUT2D eigenvalue weighted by molar-refractivity contribution is 9.10. The van der Waals surface area contributed by atoms with Crippen molar-refractivity contribution >= 4 is 39.2 Å². The minimum Gasteiger partial charge on any atom is -0.324 e. The van der Waals surface area contributed by atoms with E-state index in [4.69, 9.17) is 0 Å². The Balaban J connectivity index is 1.98. The van der Waals surface area contributed by atoms with E-state index in [0.717, 1.165) is 21.3 Å². The Morgan fingerprint density at radius 2 is 1.52 bits per heavy atom. The lowest BCUT2D eigenvalue weighted by Gasteiger charge is -2.21. The average molecular weight is 461 g/mol. The minimum atomic E-state index is -0.222. The number of rotatable bonds is 8. The SMILES string of the molecule is CC(C)c1cccc(C(C)C)c1NC(=O)CN(C)CC(=O)Nc1ccc(Br)cn1. The average Bonchev–Trinajstić information content (AvgIpc) is 2.63. The highest BCUT2D eigenvalue weighted by atomic mass is 79.9. The highest BCUT2D eigenvalue weighted by Gasteiger charge is 2.17. The summed E-state index contributed by atoms with van der Waals surface area (Å²) in [5.74, 6) is 0.706. The molecular formula is C22H29BrN4O2. The van der Waals surface area contributed by atoms with Gasteiger partial charge in [-0.1, -0.05) is 45.9 Å². The maximum absolute atomic E-state index is 12.6. The number of hydrogen-bond donors (Lipinski definition) is 2. The van der Waals surface area contributed by atoms with Crippen LogP contribution < -0.4 is 10.6 Å². The van der Waals surface area contributed by atoms with Gasteiger partial charge in [-0.15, -0.1) is 0 Å². The normalized spacial score (nSPS) is 11.2. The maximum atomic E-state index is 12.6. The van der Waals surface area contributed by atoms with Crippen LogP contribution >= 0.6 is 15.9 Å². The van der Waals surface area contributed by atoms with Gasteiger partial charge in [0.15, 0.2) is 0 Å². The van der Waals surface area contributed by atoms with Crippen molar-refractivity contribution in [3.8, 4) is 0 Å². The van der Waals surface area contributed by atoms with Crippen molar-refractivity contribution in [1.29, 1.82) is 0 Å². The first-order valence-electron chi connectivity index (χ1n) is 9.70. The van der Waals surface area contributed by atoms with E-state index >= 15 is 0 Å². The van der Waals surface area contributed by atoms with Crippen molar-refractivity contribution in [3.63, 3.8) is 0 Å². The Labute approximate surface area is 181 Å². The Kier molecular flexibility index (Phi) is 8.34. The molecule has 1 aromatic carbocycles. The van der Waals surface area contributed by atoms with Crippen LogP contribution in [-0.2, 0) is 9.59 Å². The second kappa shape index (κ2) is 10.5. The van der Waals surface area contributed by atoms with Crippen LogP contribution in [-0.4, -0.2) is 41.8 Å². The highest BCUT2D eigenvalue weighted by Crippen LogP contribution is 2.32. The predicted octanol–water partition coefficient (Wildman–Crippen LogP) is 4.60. The number of likely N-dealkylation sites (N-methyl/N-ethyl adjacent to an activating group) is 1. The molecule has 7 heteroatoms. The molecule has 0 atom stereocenters. The van der Waals surface area contributed by atoms with Gasteiger partial charge in [-0.2, -0.15) is 0 Å². The molecule has 0 saturated carbocycles. The first-order chi connectivity index (χ1) is 13.7. The Hall–Kier alpha value is -2.25. The number of nitrogens with zero attached hydrogens (tertiary/aromatic N) is 2. The molecule has 2 rings (SSSR count). The quantitative estimate of drug-likeness (QED) is 0.603. The molecule has 1 heterocycles. The van der Waals surface area contributed by atoms with E-state index in [1.54, 1.807) is 30.3 Å². The molecule has 0 aliphatic rings. The van der Waals surface area contributed by atoms with Gasteiger partial charge in [0.1, 0.15) is 5.82 Å². The molecule has 0 fully saturated rings. The van der Waals surface area contributed by atoms with Gasteiger partial charge in [0.05, 0.1) is 13.1 Å². The van der Waals surface area contributed by atoms with Gasteiger partial charge in [-0.25, -0.2) is 4.98 Å². The largest absolute Gasteiger partial charge is 0.324 e. The van der Waals surface area contributed by atoms with E-state index in [1.807, 2.05) is 6.07 Å². The maximum Gasteiger partial charge on any atom is 0.239 e. The summed E-state index contributed by atoms with van der Waals surface area (Å²) in [6, 6.07) is 9.65. The molecule has 2 N–H and O–H groups in total. The summed E-state index contributed by atoms with van der Waals surface area (Å²) >= 11 is 3.31. The van der Waals surface area contributed by atoms with Crippen LogP contribution in [0.3, 0.4) is 0 Å². The van der Waals surface area contributed by atoms with E-state index in [1.165, 1.54) is 0 Å². The van der Waals surface area contributed by atoms with Crippen LogP contribution in [0.2, 0.25) is 0 Å². The molecule has 29 heavy (non-hydrogen) atoms. The van der Waals surface area contributed by atoms with Crippen molar-refractivity contribution in [2.45, 2.75) is 39.5 Å². The summed E-state index contributed by atoms with van der Waals surface area (Å²) < 4.78 is 0.840. The van der Waals surface area contributed by atoms with Crippen molar-refractivity contribution in [1.82, 2.24) is 9.88 Å². The van der Waals surface area contributed by atoms with Crippen LogP contribution in [0.1, 0.15) is 50.7 Å². The Bertz CT molecular complexity index is 824. The summed E-state index contributed by atoms with van der Waals surface area (Å²) in [5, 5.41) is 5.80. The van der Waals surface area contributed by atoms with Gasteiger partial charge in [0.2, 0.25) is 11.8 Å². The summed E-state index contributed by atoms with van der Waals surface area (Å²) in [4.78, 5) is 30.6. The summed E-state index contributed by atoms with van der Waals surface area (Å²) in [6.07, 6.45) is 1.62. The van der Waals surface area contributed by atoms with Crippen LogP contribution in [0, 0.1) is 0 Å². The number of pyridine rings is 1. The fourth-order valence-electron chi connectivity index (χ4n) is 3.05. The molecule has 0 radical (unpaired) electrons. The van der Waals surface area contributed by atoms with E-state index in [9.17, 15) is 9.59 Å². The fourth-order valence-corrected chi connectivity index (χ4v) is 3.29. The van der Waals surface area contributed by atoms with Gasteiger partial charge < -0.3 is 10.6 Å². The van der Waals surface area contributed by atoms with Crippen molar-refractivity contribution in [3.05, 3.63) is 52.1 Å². The molecular weight excluding hydrogens is 432 g/mol. The van der Waals surface area contributed by atoms with Gasteiger partial charge in [0.25, 0.3) is 0 Å². The number of carbonyl (C=O) groups is 2. The lowest BCUT2D eigenvalue weighted by Crippen LogP contribution is -2.36. The molecule has 156 valence electrons. The molecule has 0 bridgehead atoms. The smallest absolute Gasteiger partial charge is 0.239 e. The van der Waals surface area contributed by atoms with Gasteiger partial charge in [-0.3, -0.25) is 14.5 Å². The van der Waals surface area contributed by atoms with Crippen LogP contribution in [0.5, 0.6) is 0 Å². The second-order valence-corrected chi connectivity index (χ2v) is 8.67. The molecule has 1 aromatic heterocycles. The van der Waals surface area contributed by atoms with Gasteiger partial charge >= 0.3 is 0 Å². The third-order valence-corrected chi connectivity index (χ3v) is 4.93. The predicted molar refractivity (Wildman–Crippen MR) is 121 cm³/mol. The van der Waals surface area contributed by atoms with Gasteiger partial charge in [0, 0.05) is 16.4 Å². The zero-order valence-corrected chi connectivity index (χ0v) is 19.2. The van der Waals surface area contributed by atoms with E-state index in [0.29, 0.717) is 17.7 Å². The molecule has 0 spiro atoms. The third kappa shape index (κ3) is 6.94. The molecule has 0 saturated heterocycles. The van der Waals surface area contributed by atoms with Crippen LogP contribution in [0.4, 0.5) is 11.5 Å². The molecule has 6 nitrogen and oxygen atoms in total. The van der Waals surface area contributed by atoms with Gasteiger partial charge in [-0.05, 0) is 58.1 Å². The Morgan fingerprint density at radius 1 is 0.966 bits per heavy atom. The lowest BCUT2D eigenvalue weighted by atomic mass is 9.92. The van der Waals surface area contributed by atoms with E-state index in [2.05, 4.69) is 71.4 Å². The second-order valence-electron chi connectivity index (χ2n) is 7.75. The fraction of sp³-hybridized carbons (Fsp3) is 0.409. The van der Waals surface area contributed by atoms with Crippen LogP contribution in [0.15, 0.2) is 41.0 Å². The third-order valence-electron chi connectivity index (χ3n) is 4.46. The van der Waals surface area contributed by atoms with E-state index in [-0.39, 0.29) is 24.9 Å².